The van der Waals surface area contributed by atoms with E-state index in [1.54, 1.807) is 37.5 Å². The molecule has 0 atom stereocenters. The Labute approximate surface area is 220 Å². The molecule has 36 heavy (non-hydrogen) atoms. The number of halogens is 1. The van der Waals surface area contributed by atoms with Crippen molar-refractivity contribution in [2.45, 2.75) is 32.9 Å². The van der Waals surface area contributed by atoms with E-state index in [0.717, 1.165) is 10.0 Å². The first-order chi connectivity index (χ1) is 17.3. The van der Waals surface area contributed by atoms with Gasteiger partial charge in [-0.15, -0.1) is 0 Å². The molecular formula is C27H32BrN3O5. The van der Waals surface area contributed by atoms with Gasteiger partial charge < -0.3 is 29.0 Å². The molecule has 0 bridgehead atoms. The number of carbonyl (C=O) groups excluding carboxylic acids is 2. The summed E-state index contributed by atoms with van der Waals surface area (Å²) in [5.74, 6) is 1.77. The first-order valence-electron chi connectivity index (χ1n) is 11.7. The molecule has 1 heterocycles. The summed E-state index contributed by atoms with van der Waals surface area (Å²) in [5, 5.41) is 2.89. The van der Waals surface area contributed by atoms with E-state index in [1.165, 1.54) is 4.90 Å². The van der Waals surface area contributed by atoms with Crippen LogP contribution in [0.5, 0.6) is 11.5 Å². The number of urea groups is 1. The molecule has 192 valence electrons. The van der Waals surface area contributed by atoms with Crippen molar-refractivity contribution in [3.8, 4) is 11.5 Å². The summed E-state index contributed by atoms with van der Waals surface area (Å²) in [4.78, 5) is 29.8. The van der Waals surface area contributed by atoms with Crippen molar-refractivity contribution < 1.29 is 23.5 Å². The molecule has 9 heteroatoms. The van der Waals surface area contributed by atoms with Gasteiger partial charge in [0, 0.05) is 17.1 Å². The minimum absolute atomic E-state index is 0.0689. The first kappa shape index (κ1) is 27.1. The third-order valence-electron chi connectivity index (χ3n) is 5.70. The number of hydrogen-bond donors (Lipinski definition) is 1. The number of nitrogens with one attached hydrogen (secondary N) is 1. The second kappa shape index (κ2) is 13.0. The standard InChI is InChI=1S/C27H32BrN3O5/c1-19(2)31(27(33)29-23-10-6-5-9-22(23)28)18-26(32)30(17-21-8-7-15-36-21)14-13-20-11-12-24(34-3)25(16-20)35-4/h5-12,15-16,19H,13-14,17-18H2,1-4H3,(H,29,33). The van der Waals surface area contributed by atoms with Crippen LogP contribution >= 0.6 is 15.9 Å². The van der Waals surface area contributed by atoms with Crippen LogP contribution in [0.3, 0.4) is 0 Å². The highest BCUT2D eigenvalue weighted by molar-refractivity contribution is 9.10. The summed E-state index contributed by atoms with van der Waals surface area (Å²) >= 11 is 3.44. The molecule has 0 aliphatic heterocycles. The molecule has 8 nitrogen and oxygen atoms in total. The second-order valence-corrected chi connectivity index (χ2v) is 9.32. The Morgan fingerprint density at radius 2 is 1.78 bits per heavy atom. The molecule has 2 aromatic carbocycles. The van der Waals surface area contributed by atoms with Crippen LogP contribution in [0.1, 0.15) is 25.2 Å². The number of anilines is 1. The van der Waals surface area contributed by atoms with Gasteiger partial charge in [0.15, 0.2) is 11.5 Å². The molecule has 0 spiro atoms. The van der Waals surface area contributed by atoms with Crippen LogP contribution in [0.15, 0.2) is 69.8 Å². The minimum atomic E-state index is -0.344. The fourth-order valence-corrected chi connectivity index (χ4v) is 4.05. The molecular weight excluding hydrogens is 526 g/mol. The van der Waals surface area contributed by atoms with Crippen molar-refractivity contribution in [3.63, 3.8) is 0 Å². The molecule has 0 radical (unpaired) electrons. The quantitative estimate of drug-likeness (QED) is 0.333. The van der Waals surface area contributed by atoms with Crippen molar-refractivity contribution in [2.75, 3.05) is 32.6 Å². The third-order valence-corrected chi connectivity index (χ3v) is 6.39. The van der Waals surface area contributed by atoms with Gasteiger partial charge in [0.2, 0.25) is 5.91 Å². The maximum atomic E-state index is 13.5. The Kier molecular flexibility index (Phi) is 9.81. The number of carbonyl (C=O) groups is 2. The zero-order chi connectivity index (χ0) is 26.1. The highest BCUT2D eigenvalue weighted by Crippen LogP contribution is 2.28. The molecule has 1 N–H and O–H groups in total. The molecule has 3 aromatic rings. The van der Waals surface area contributed by atoms with E-state index < -0.39 is 0 Å². The molecule has 0 saturated heterocycles. The van der Waals surface area contributed by atoms with Crippen molar-refractivity contribution in [1.29, 1.82) is 0 Å². The molecule has 0 unspecified atom stereocenters. The van der Waals surface area contributed by atoms with E-state index >= 15 is 0 Å². The summed E-state index contributed by atoms with van der Waals surface area (Å²) in [7, 11) is 3.18. The van der Waals surface area contributed by atoms with Crippen LogP contribution in [0.4, 0.5) is 10.5 Å². The monoisotopic (exact) mass is 557 g/mol. The zero-order valence-electron chi connectivity index (χ0n) is 21.0. The third kappa shape index (κ3) is 7.27. The van der Waals surface area contributed by atoms with Crippen LogP contribution in [0, 0.1) is 0 Å². The second-order valence-electron chi connectivity index (χ2n) is 8.47. The fraction of sp³-hybridized carbons (Fsp3) is 0.333. The van der Waals surface area contributed by atoms with Crippen LogP contribution in [0.2, 0.25) is 0 Å². The number of furan rings is 1. The van der Waals surface area contributed by atoms with Crippen LogP contribution < -0.4 is 14.8 Å². The van der Waals surface area contributed by atoms with Gasteiger partial charge in [0.25, 0.3) is 0 Å². The summed E-state index contributed by atoms with van der Waals surface area (Å²) in [6, 6.07) is 16.1. The SMILES string of the molecule is COc1ccc(CCN(Cc2ccco2)C(=O)CN(C(=O)Nc2ccccc2Br)C(C)C)cc1OC. The first-order valence-corrected chi connectivity index (χ1v) is 12.4. The number of nitrogens with zero attached hydrogens (tertiary/aromatic N) is 2. The Morgan fingerprint density at radius 3 is 2.42 bits per heavy atom. The lowest BCUT2D eigenvalue weighted by atomic mass is 10.1. The van der Waals surface area contributed by atoms with Gasteiger partial charge in [0.05, 0.1) is 32.7 Å². The lowest BCUT2D eigenvalue weighted by Crippen LogP contribution is -2.47. The molecule has 1 aromatic heterocycles. The minimum Gasteiger partial charge on any atom is -0.493 e. The number of ether oxygens (including phenoxy) is 2. The van der Waals surface area contributed by atoms with Crippen molar-refractivity contribution in [2.24, 2.45) is 0 Å². The Morgan fingerprint density at radius 1 is 1.03 bits per heavy atom. The zero-order valence-corrected chi connectivity index (χ0v) is 22.6. The summed E-state index contributed by atoms with van der Waals surface area (Å²) in [5.41, 5.74) is 1.64. The van der Waals surface area contributed by atoms with Gasteiger partial charge in [-0.05, 0) is 78.2 Å². The number of rotatable bonds is 11. The van der Waals surface area contributed by atoms with E-state index in [0.29, 0.717) is 42.5 Å². The van der Waals surface area contributed by atoms with E-state index in [-0.39, 0.29) is 24.5 Å². The van der Waals surface area contributed by atoms with Crippen molar-refractivity contribution >= 4 is 33.6 Å². The Balaban J connectivity index is 1.74. The Hall–Kier alpha value is -3.46. The fourth-order valence-electron chi connectivity index (χ4n) is 3.67. The lowest BCUT2D eigenvalue weighted by Gasteiger charge is -2.30. The van der Waals surface area contributed by atoms with Crippen molar-refractivity contribution in [3.05, 3.63) is 76.7 Å². The summed E-state index contributed by atoms with van der Waals surface area (Å²) < 4.78 is 17.0. The Bertz CT molecular complexity index is 1150. The van der Waals surface area contributed by atoms with Crippen molar-refractivity contribution in [1.82, 2.24) is 9.80 Å². The van der Waals surface area contributed by atoms with Crippen LogP contribution in [0.25, 0.3) is 0 Å². The molecule has 3 rings (SSSR count). The van der Waals surface area contributed by atoms with E-state index in [9.17, 15) is 9.59 Å². The molecule has 0 aliphatic carbocycles. The highest BCUT2D eigenvalue weighted by Gasteiger charge is 2.25. The molecule has 0 saturated carbocycles. The van der Waals surface area contributed by atoms with E-state index in [1.807, 2.05) is 56.3 Å². The number of methoxy groups -OCH3 is 2. The van der Waals surface area contributed by atoms with Gasteiger partial charge in [-0.2, -0.15) is 0 Å². The largest absolute Gasteiger partial charge is 0.493 e. The average Bonchev–Trinajstić information content (AvgIpc) is 3.39. The van der Waals surface area contributed by atoms with Crippen LogP contribution in [-0.2, 0) is 17.8 Å². The summed E-state index contributed by atoms with van der Waals surface area (Å²) in [6.45, 7) is 4.44. The van der Waals surface area contributed by atoms with Crippen LogP contribution in [-0.4, -0.2) is 55.1 Å². The molecule has 3 amide bonds. The maximum absolute atomic E-state index is 13.5. The number of amides is 3. The van der Waals surface area contributed by atoms with Gasteiger partial charge in [0.1, 0.15) is 12.3 Å². The number of benzene rings is 2. The van der Waals surface area contributed by atoms with Gasteiger partial charge in [-0.25, -0.2) is 4.79 Å². The smallest absolute Gasteiger partial charge is 0.322 e. The van der Waals surface area contributed by atoms with Gasteiger partial charge in [-0.1, -0.05) is 18.2 Å². The number of para-hydroxylation sites is 1. The lowest BCUT2D eigenvalue weighted by molar-refractivity contribution is -0.133. The van der Waals surface area contributed by atoms with Gasteiger partial charge in [-0.3, -0.25) is 4.79 Å². The highest BCUT2D eigenvalue weighted by atomic mass is 79.9. The van der Waals surface area contributed by atoms with Gasteiger partial charge >= 0.3 is 6.03 Å². The predicted octanol–water partition coefficient (Wildman–Crippen LogP) is 5.57. The predicted molar refractivity (Wildman–Crippen MR) is 142 cm³/mol. The summed E-state index contributed by atoms with van der Waals surface area (Å²) in [6.07, 6.45) is 2.18. The molecule has 0 fully saturated rings. The topological polar surface area (TPSA) is 84.2 Å². The van der Waals surface area contributed by atoms with E-state index in [4.69, 9.17) is 13.9 Å². The number of hydrogen-bond acceptors (Lipinski definition) is 5. The normalized spacial score (nSPS) is 10.7. The molecule has 0 aliphatic rings. The average molecular weight is 558 g/mol. The van der Waals surface area contributed by atoms with E-state index in [2.05, 4.69) is 21.2 Å². The maximum Gasteiger partial charge on any atom is 0.322 e.